The number of nitrogens with one attached hydrogen (secondary N) is 1. The van der Waals surface area contributed by atoms with Crippen LogP contribution in [0.15, 0.2) is 48.5 Å². The van der Waals surface area contributed by atoms with Crippen molar-refractivity contribution in [2.75, 3.05) is 31.6 Å². The zero-order chi connectivity index (χ0) is 21.7. The molecular weight excluding hydrogens is 444 g/mol. The van der Waals surface area contributed by atoms with Gasteiger partial charge in [-0.2, -0.15) is 13.2 Å². The van der Waals surface area contributed by atoms with Gasteiger partial charge in [0, 0.05) is 35.4 Å². The van der Waals surface area contributed by atoms with Gasteiger partial charge < -0.3 is 9.47 Å². The molecular formula is C20H19Cl2F3N2O3. The minimum atomic E-state index is -4.72. The monoisotopic (exact) mass is 462 g/mol. The summed E-state index contributed by atoms with van der Waals surface area (Å²) in [7, 11) is 0. The van der Waals surface area contributed by atoms with E-state index in [-0.39, 0.29) is 25.4 Å². The molecule has 10 heteroatoms. The summed E-state index contributed by atoms with van der Waals surface area (Å²) >= 11 is 11.7. The lowest BCUT2D eigenvalue weighted by atomic mass is 10.1. The molecule has 1 saturated heterocycles. The lowest BCUT2D eigenvalue weighted by Crippen LogP contribution is -2.48. The second-order valence-corrected chi connectivity index (χ2v) is 7.61. The summed E-state index contributed by atoms with van der Waals surface area (Å²) in [5.74, 6) is 0. The van der Waals surface area contributed by atoms with Crippen LogP contribution in [-0.2, 0) is 9.47 Å². The highest BCUT2D eigenvalue weighted by Gasteiger charge is 2.44. The van der Waals surface area contributed by atoms with Crippen LogP contribution in [0.3, 0.4) is 0 Å². The Kier molecular flexibility index (Phi) is 7.46. The number of rotatable bonds is 5. The van der Waals surface area contributed by atoms with E-state index in [2.05, 4.69) is 5.32 Å². The van der Waals surface area contributed by atoms with Crippen molar-refractivity contribution in [3.8, 4) is 0 Å². The van der Waals surface area contributed by atoms with Crippen LogP contribution in [0.4, 0.5) is 23.7 Å². The average molecular weight is 463 g/mol. The maximum absolute atomic E-state index is 13.5. The molecule has 5 nitrogen and oxygen atoms in total. The van der Waals surface area contributed by atoms with Crippen molar-refractivity contribution in [1.29, 1.82) is 0 Å². The molecule has 1 aliphatic rings. The largest absolute Gasteiger partial charge is 0.435 e. The third kappa shape index (κ3) is 6.50. The molecule has 0 spiro atoms. The summed E-state index contributed by atoms with van der Waals surface area (Å²) in [5, 5.41) is 3.22. The number of ether oxygens (including phenoxy) is 2. The van der Waals surface area contributed by atoms with E-state index in [4.69, 9.17) is 32.7 Å². The first-order valence-corrected chi connectivity index (χ1v) is 9.85. The van der Waals surface area contributed by atoms with Gasteiger partial charge in [0.2, 0.25) is 6.10 Å². The van der Waals surface area contributed by atoms with E-state index in [0.29, 0.717) is 10.0 Å². The van der Waals surface area contributed by atoms with Crippen LogP contribution in [0.5, 0.6) is 0 Å². The van der Waals surface area contributed by atoms with Crippen LogP contribution in [-0.4, -0.2) is 49.5 Å². The Morgan fingerprint density at radius 2 is 1.93 bits per heavy atom. The summed E-state index contributed by atoms with van der Waals surface area (Å²) in [5.41, 5.74) is 1.05. The number of nitrogens with zero attached hydrogens (tertiary/aromatic N) is 1. The van der Waals surface area contributed by atoms with Crippen molar-refractivity contribution in [3.63, 3.8) is 0 Å². The van der Waals surface area contributed by atoms with Gasteiger partial charge in [-0.15, -0.1) is 0 Å². The van der Waals surface area contributed by atoms with Gasteiger partial charge in [0.1, 0.15) is 0 Å². The van der Waals surface area contributed by atoms with Gasteiger partial charge >= 0.3 is 12.3 Å². The van der Waals surface area contributed by atoms with E-state index in [1.807, 2.05) is 0 Å². The third-order valence-corrected chi connectivity index (χ3v) is 4.99. The maximum Gasteiger partial charge on any atom is 0.426 e. The predicted octanol–water partition coefficient (Wildman–Crippen LogP) is 5.55. The smallest absolute Gasteiger partial charge is 0.426 e. The molecule has 2 aromatic rings. The van der Waals surface area contributed by atoms with Crippen molar-refractivity contribution < 1.29 is 27.4 Å². The first-order chi connectivity index (χ1) is 14.2. The molecule has 1 fully saturated rings. The molecule has 2 atom stereocenters. The van der Waals surface area contributed by atoms with Crippen LogP contribution >= 0.6 is 23.2 Å². The van der Waals surface area contributed by atoms with E-state index in [9.17, 15) is 18.0 Å². The Morgan fingerprint density at radius 1 is 1.20 bits per heavy atom. The Labute approximate surface area is 181 Å². The maximum atomic E-state index is 13.5. The average Bonchev–Trinajstić information content (AvgIpc) is 2.69. The highest BCUT2D eigenvalue weighted by molar-refractivity contribution is 6.30. The Hall–Kier alpha value is -2.00. The first kappa shape index (κ1) is 22.7. The van der Waals surface area contributed by atoms with Gasteiger partial charge in [0.25, 0.3) is 0 Å². The van der Waals surface area contributed by atoms with Gasteiger partial charge in [0.15, 0.2) is 0 Å². The lowest BCUT2D eigenvalue weighted by molar-refractivity contribution is -0.209. The highest BCUT2D eigenvalue weighted by Crippen LogP contribution is 2.28. The van der Waals surface area contributed by atoms with E-state index < -0.39 is 31.0 Å². The number of alkyl halides is 3. The number of carbonyl (C=O) groups is 1. The number of hydrogen-bond donors (Lipinski definition) is 1. The van der Waals surface area contributed by atoms with Gasteiger partial charge in [-0.05, 0) is 42.0 Å². The number of halogens is 5. The second kappa shape index (κ2) is 9.87. The molecule has 0 saturated carbocycles. The first-order valence-electron chi connectivity index (χ1n) is 9.10. The SMILES string of the molecule is O=C(Nc1ccc(Cl)cc1)OC(CN1CCO[C@@H](c2cccc(Cl)c2)C1)C(F)(F)F. The molecule has 1 unspecified atom stereocenters. The van der Waals surface area contributed by atoms with Crippen LogP contribution < -0.4 is 5.32 Å². The van der Waals surface area contributed by atoms with Crippen molar-refractivity contribution in [2.45, 2.75) is 18.4 Å². The number of anilines is 1. The standard InChI is InChI=1S/C20H19Cl2F3N2O3/c21-14-4-6-16(7-5-14)26-19(28)30-18(20(23,24)25)12-27-8-9-29-17(11-27)13-2-1-3-15(22)10-13/h1-7,10,17-18H,8-9,11-12H2,(H,26,28)/t17-,18?/m1/s1. The second-order valence-electron chi connectivity index (χ2n) is 6.74. The Bertz CT molecular complexity index is 865. The quantitative estimate of drug-likeness (QED) is 0.632. The fourth-order valence-electron chi connectivity index (χ4n) is 3.03. The minimum absolute atomic E-state index is 0.217. The van der Waals surface area contributed by atoms with Gasteiger partial charge in [-0.1, -0.05) is 35.3 Å². The van der Waals surface area contributed by atoms with Crippen molar-refractivity contribution in [2.24, 2.45) is 0 Å². The molecule has 0 aromatic heterocycles. The molecule has 2 aromatic carbocycles. The van der Waals surface area contributed by atoms with E-state index >= 15 is 0 Å². The number of amides is 1. The molecule has 30 heavy (non-hydrogen) atoms. The predicted molar refractivity (Wildman–Crippen MR) is 108 cm³/mol. The van der Waals surface area contributed by atoms with Crippen LogP contribution in [0.1, 0.15) is 11.7 Å². The molecule has 1 aliphatic heterocycles. The third-order valence-electron chi connectivity index (χ3n) is 4.50. The normalized spacial score (nSPS) is 18.6. The highest BCUT2D eigenvalue weighted by atomic mass is 35.5. The van der Waals surface area contributed by atoms with Gasteiger partial charge in [0.05, 0.1) is 12.7 Å². The molecule has 1 N–H and O–H groups in total. The summed E-state index contributed by atoms with van der Waals surface area (Å²) in [4.78, 5) is 13.6. The number of hydrogen-bond acceptors (Lipinski definition) is 4. The topological polar surface area (TPSA) is 50.8 Å². The number of benzene rings is 2. The molecule has 0 aliphatic carbocycles. The van der Waals surface area contributed by atoms with Crippen molar-refractivity contribution in [1.82, 2.24) is 4.90 Å². The van der Waals surface area contributed by atoms with E-state index in [0.717, 1.165) is 5.56 Å². The number of morpholine rings is 1. The minimum Gasteiger partial charge on any atom is -0.435 e. The zero-order valence-electron chi connectivity index (χ0n) is 15.7. The van der Waals surface area contributed by atoms with E-state index in [1.165, 1.54) is 24.3 Å². The summed E-state index contributed by atoms with van der Waals surface area (Å²) in [6, 6.07) is 12.9. The van der Waals surface area contributed by atoms with Crippen molar-refractivity contribution >= 4 is 35.0 Å². The zero-order valence-corrected chi connectivity index (χ0v) is 17.2. The molecule has 162 valence electrons. The van der Waals surface area contributed by atoms with E-state index in [1.54, 1.807) is 29.2 Å². The summed E-state index contributed by atoms with van der Waals surface area (Å²) in [6.45, 7) is 0.248. The van der Waals surface area contributed by atoms with Gasteiger partial charge in [-0.25, -0.2) is 4.79 Å². The summed E-state index contributed by atoms with van der Waals surface area (Å²) in [6.07, 6.45) is -8.63. The fraction of sp³-hybridized carbons (Fsp3) is 0.350. The number of carbonyl (C=O) groups excluding carboxylic acids is 1. The molecule has 3 rings (SSSR count). The Balaban J connectivity index is 1.62. The van der Waals surface area contributed by atoms with Gasteiger partial charge in [-0.3, -0.25) is 10.2 Å². The molecule has 1 heterocycles. The van der Waals surface area contributed by atoms with Crippen molar-refractivity contribution in [3.05, 3.63) is 64.1 Å². The molecule has 1 amide bonds. The molecule has 0 radical (unpaired) electrons. The van der Waals surface area contributed by atoms with Crippen LogP contribution in [0, 0.1) is 0 Å². The van der Waals surface area contributed by atoms with Crippen LogP contribution in [0.25, 0.3) is 0 Å². The van der Waals surface area contributed by atoms with Crippen LogP contribution in [0.2, 0.25) is 10.0 Å². The molecule has 0 bridgehead atoms. The lowest BCUT2D eigenvalue weighted by Gasteiger charge is -2.35. The fourth-order valence-corrected chi connectivity index (χ4v) is 3.35. The Morgan fingerprint density at radius 3 is 2.60 bits per heavy atom. The summed E-state index contributed by atoms with van der Waals surface area (Å²) < 4.78 is 50.9.